The lowest BCUT2D eigenvalue weighted by molar-refractivity contribution is 0.0315. The summed E-state index contributed by atoms with van der Waals surface area (Å²) < 4.78 is 10.8. The molecule has 0 aliphatic carbocycles. The molecule has 6 nitrogen and oxygen atoms in total. The topological polar surface area (TPSA) is 49.3 Å². The van der Waals surface area contributed by atoms with Crippen molar-refractivity contribution < 1.29 is 9.47 Å². The van der Waals surface area contributed by atoms with Gasteiger partial charge in [0.2, 0.25) is 0 Å². The standard InChI is InChI=1S/C19H34N4O2/c1-2-20-19(21-7-3-17-5-11-24-12-6-17)23-8-4-18(16-23)15-22-9-13-25-14-10-22/h5,18H,2-4,6-16H2,1H3,(H,20,21). The summed E-state index contributed by atoms with van der Waals surface area (Å²) in [5.74, 6) is 1.85. The third-order valence-electron chi connectivity index (χ3n) is 5.29. The Morgan fingerprint density at radius 1 is 1.24 bits per heavy atom. The summed E-state index contributed by atoms with van der Waals surface area (Å²) in [5, 5.41) is 3.48. The first-order chi connectivity index (χ1) is 12.3. The van der Waals surface area contributed by atoms with E-state index in [9.17, 15) is 0 Å². The van der Waals surface area contributed by atoms with Crippen LogP contribution in [0.1, 0.15) is 26.2 Å². The van der Waals surface area contributed by atoms with E-state index in [4.69, 9.17) is 14.5 Å². The zero-order chi connectivity index (χ0) is 17.3. The average molecular weight is 351 g/mol. The Balaban J connectivity index is 1.46. The van der Waals surface area contributed by atoms with Crippen molar-refractivity contribution in [2.24, 2.45) is 10.9 Å². The molecule has 3 aliphatic heterocycles. The van der Waals surface area contributed by atoms with Crippen LogP contribution >= 0.6 is 0 Å². The van der Waals surface area contributed by atoms with Gasteiger partial charge in [-0.2, -0.15) is 0 Å². The van der Waals surface area contributed by atoms with Gasteiger partial charge in [-0.05, 0) is 32.1 Å². The van der Waals surface area contributed by atoms with Crippen LogP contribution in [-0.2, 0) is 9.47 Å². The van der Waals surface area contributed by atoms with Crippen molar-refractivity contribution in [1.29, 1.82) is 0 Å². The minimum absolute atomic E-state index is 0.750. The molecule has 0 aromatic rings. The molecule has 0 bridgehead atoms. The lowest BCUT2D eigenvalue weighted by Crippen LogP contribution is -2.42. The first kappa shape index (κ1) is 18.7. The van der Waals surface area contributed by atoms with E-state index in [0.29, 0.717) is 0 Å². The molecule has 142 valence electrons. The molecule has 0 aromatic carbocycles. The van der Waals surface area contributed by atoms with Crippen LogP contribution in [0.2, 0.25) is 0 Å². The van der Waals surface area contributed by atoms with E-state index in [0.717, 1.165) is 90.4 Å². The van der Waals surface area contributed by atoms with Gasteiger partial charge >= 0.3 is 0 Å². The van der Waals surface area contributed by atoms with E-state index in [-0.39, 0.29) is 0 Å². The van der Waals surface area contributed by atoms with Crippen molar-refractivity contribution in [2.75, 3.05) is 72.2 Å². The highest BCUT2D eigenvalue weighted by atomic mass is 16.5. The summed E-state index contributed by atoms with van der Waals surface area (Å²) in [5.41, 5.74) is 1.50. The quantitative estimate of drug-likeness (QED) is 0.445. The monoisotopic (exact) mass is 350 g/mol. The van der Waals surface area contributed by atoms with Crippen LogP contribution < -0.4 is 5.32 Å². The normalized spacial score (nSPS) is 26.0. The lowest BCUT2D eigenvalue weighted by Gasteiger charge is -2.29. The van der Waals surface area contributed by atoms with Gasteiger partial charge in [-0.15, -0.1) is 0 Å². The number of hydrogen-bond acceptors (Lipinski definition) is 4. The summed E-state index contributed by atoms with van der Waals surface area (Å²) in [7, 11) is 0. The fraction of sp³-hybridized carbons (Fsp3) is 0.842. The first-order valence-corrected chi connectivity index (χ1v) is 9.94. The van der Waals surface area contributed by atoms with Gasteiger partial charge < -0.3 is 19.7 Å². The summed E-state index contributed by atoms with van der Waals surface area (Å²) in [6.07, 6.45) is 5.62. The number of ether oxygens (including phenoxy) is 2. The van der Waals surface area contributed by atoms with Crippen LogP contribution in [0.4, 0.5) is 0 Å². The van der Waals surface area contributed by atoms with Crippen LogP contribution in [0.5, 0.6) is 0 Å². The molecule has 1 N–H and O–H groups in total. The average Bonchev–Trinajstić information content (AvgIpc) is 3.11. The minimum Gasteiger partial charge on any atom is -0.379 e. The fourth-order valence-corrected chi connectivity index (χ4v) is 3.85. The van der Waals surface area contributed by atoms with Crippen LogP contribution in [0.3, 0.4) is 0 Å². The van der Waals surface area contributed by atoms with Gasteiger partial charge in [0.05, 0.1) is 26.4 Å². The second-order valence-corrected chi connectivity index (χ2v) is 7.19. The Morgan fingerprint density at radius 2 is 2.12 bits per heavy atom. The van der Waals surface area contributed by atoms with Crippen LogP contribution in [0.25, 0.3) is 0 Å². The van der Waals surface area contributed by atoms with Crippen molar-refractivity contribution >= 4 is 5.96 Å². The molecule has 0 spiro atoms. The minimum atomic E-state index is 0.750. The highest BCUT2D eigenvalue weighted by Gasteiger charge is 2.27. The second kappa shape index (κ2) is 10.1. The molecule has 0 aromatic heterocycles. The summed E-state index contributed by atoms with van der Waals surface area (Å²) in [6.45, 7) is 13.0. The Bertz CT molecular complexity index is 460. The molecule has 0 radical (unpaired) electrons. The molecule has 6 heteroatoms. The third kappa shape index (κ3) is 5.97. The predicted octanol–water partition coefficient (Wildman–Crippen LogP) is 1.34. The van der Waals surface area contributed by atoms with Crippen molar-refractivity contribution in [3.63, 3.8) is 0 Å². The SMILES string of the molecule is CCNC(=NCCC1=CCOCC1)N1CCC(CN2CCOCC2)C1. The van der Waals surface area contributed by atoms with Gasteiger partial charge in [0.25, 0.3) is 0 Å². The van der Waals surface area contributed by atoms with Crippen molar-refractivity contribution in [3.05, 3.63) is 11.6 Å². The Kier molecular flexibility index (Phi) is 7.57. The lowest BCUT2D eigenvalue weighted by atomic mass is 10.1. The maximum atomic E-state index is 5.46. The number of hydrogen-bond donors (Lipinski definition) is 1. The Morgan fingerprint density at radius 3 is 2.88 bits per heavy atom. The van der Waals surface area contributed by atoms with E-state index >= 15 is 0 Å². The molecule has 3 aliphatic rings. The fourth-order valence-electron chi connectivity index (χ4n) is 3.85. The summed E-state index contributed by atoms with van der Waals surface area (Å²) >= 11 is 0. The molecular weight excluding hydrogens is 316 g/mol. The summed E-state index contributed by atoms with van der Waals surface area (Å²) in [6, 6.07) is 0. The van der Waals surface area contributed by atoms with Crippen LogP contribution in [0.15, 0.2) is 16.6 Å². The van der Waals surface area contributed by atoms with Gasteiger partial charge in [-0.1, -0.05) is 11.6 Å². The molecule has 1 atom stereocenters. The van der Waals surface area contributed by atoms with Crippen LogP contribution in [-0.4, -0.2) is 88.0 Å². The number of morpholine rings is 1. The molecule has 25 heavy (non-hydrogen) atoms. The number of rotatable bonds is 6. The predicted molar refractivity (Wildman–Crippen MR) is 101 cm³/mol. The van der Waals surface area contributed by atoms with Gasteiger partial charge in [0.15, 0.2) is 5.96 Å². The largest absolute Gasteiger partial charge is 0.379 e. The van der Waals surface area contributed by atoms with E-state index in [1.165, 1.54) is 18.5 Å². The van der Waals surface area contributed by atoms with E-state index < -0.39 is 0 Å². The summed E-state index contributed by atoms with van der Waals surface area (Å²) in [4.78, 5) is 9.89. The van der Waals surface area contributed by atoms with Crippen molar-refractivity contribution in [3.8, 4) is 0 Å². The number of guanidine groups is 1. The molecule has 3 rings (SSSR count). The molecule has 2 saturated heterocycles. The van der Waals surface area contributed by atoms with Crippen LogP contribution in [0, 0.1) is 5.92 Å². The van der Waals surface area contributed by atoms with E-state index in [2.05, 4.69) is 28.1 Å². The highest BCUT2D eigenvalue weighted by molar-refractivity contribution is 5.80. The Hall–Kier alpha value is -1.11. The zero-order valence-electron chi connectivity index (χ0n) is 15.7. The van der Waals surface area contributed by atoms with Gasteiger partial charge in [0, 0.05) is 45.8 Å². The third-order valence-corrected chi connectivity index (χ3v) is 5.29. The zero-order valence-corrected chi connectivity index (χ0v) is 15.7. The smallest absolute Gasteiger partial charge is 0.193 e. The van der Waals surface area contributed by atoms with Crippen molar-refractivity contribution in [1.82, 2.24) is 15.1 Å². The Labute approximate surface area is 152 Å². The number of nitrogens with one attached hydrogen (secondary N) is 1. The number of aliphatic imine (C=N–C) groups is 1. The van der Waals surface area contributed by atoms with E-state index in [1.807, 2.05) is 0 Å². The first-order valence-electron chi connectivity index (χ1n) is 9.94. The van der Waals surface area contributed by atoms with E-state index in [1.54, 1.807) is 0 Å². The second-order valence-electron chi connectivity index (χ2n) is 7.19. The molecule has 1 unspecified atom stereocenters. The maximum absolute atomic E-state index is 5.46. The van der Waals surface area contributed by atoms with Gasteiger partial charge in [-0.25, -0.2) is 0 Å². The van der Waals surface area contributed by atoms with Crippen molar-refractivity contribution in [2.45, 2.75) is 26.2 Å². The number of likely N-dealkylation sites (tertiary alicyclic amines) is 1. The highest BCUT2D eigenvalue weighted by Crippen LogP contribution is 2.18. The molecule has 3 heterocycles. The molecule has 0 saturated carbocycles. The molecule has 0 amide bonds. The molecule has 2 fully saturated rings. The number of nitrogens with zero attached hydrogens (tertiary/aromatic N) is 3. The van der Waals surface area contributed by atoms with Gasteiger partial charge in [-0.3, -0.25) is 9.89 Å². The van der Waals surface area contributed by atoms with Gasteiger partial charge in [0.1, 0.15) is 0 Å². The maximum Gasteiger partial charge on any atom is 0.193 e. The molecular formula is C19H34N4O2.